The molecule has 0 saturated carbocycles. The van der Waals surface area contributed by atoms with Gasteiger partial charge in [-0.05, 0) is 39.1 Å². The van der Waals surface area contributed by atoms with E-state index in [1.54, 1.807) is 0 Å². The van der Waals surface area contributed by atoms with Gasteiger partial charge in [0.15, 0.2) is 0 Å². The Labute approximate surface area is 86.7 Å². The second-order valence-corrected chi connectivity index (χ2v) is 4.35. The van der Waals surface area contributed by atoms with E-state index in [-0.39, 0.29) is 5.54 Å². The summed E-state index contributed by atoms with van der Waals surface area (Å²) < 4.78 is 0. The zero-order valence-electron chi connectivity index (χ0n) is 9.54. The van der Waals surface area contributed by atoms with Crippen LogP contribution in [0.5, 0.6) is 0 Å². The summed E-state index contributed by atoms with van der Waals surface area (Å²) in [5.74, 6) is 0. The lowest BCUT2D eigenvalue weighted by atomic mass is 9.92. The van der Waals surface area contributed by atoms with Crippen LogP contribution in [0.4, 0.5) is 0 Å². The summed E-state index contributed by atoms with van der Waals surface area (Å²) >= 11 is 0. The van der Waals surface area contributed by atoms with Gasteiger partial charge in [-0.2, -0.15) is 0 Å². The molecule has 2 heteroatoms. The average Bonchev–Trinajstić information content (AvgIpc) is 2.17. The highest BCUT2D eigenvalue weighted by atomic mass is 15.1. The summed E-state index contributed by atoms with van der Waals surface area (Å²) in [5.41, 5.74) is 8.14. The van der Waals surface area contributed by atoms with Gasteiger partial charge in [0.05, 0.1) is 0 Å². The van der Waals surface area contributed by atoms with E-state index in [9.17, 15) is 0 Å². The molecule has 0 saturated heterocycles. The molecule has 2 nitrogen and oxygen atoms in total. The van der Waals surface area contributed by atoms with Crippen molar-refractivity contribution in [3.05, 3.63) is 35.4 Å². The molecular weight excluding hydrogens is 172 g/mol. The summed E-state index contributed by atoms with van der Waals surface area (Å²) in [6.45, 7) is 5.04. The van der Waals surface area contributed by atoms with Crippen molar-refractivity contribution in [2.75, 3.05) is 14.1 Å². The van der Waals surface area contributed by atoms with Crippen LogP contribution >= 0.6 is 0 Å². The molecule has 1 aromatic carbocycles. The molecule has 1 rings (SSSR count). The molecule has 1 aromatic rings. The van der Waals surface area contributed by atoms with Crippen LogP contribution in [-0.2, 0) is 12.1 Å². The van der Waals surface area contributed by atoms with Crippen molar-refractivity contribution in [1.82, 2.24) is 4.90 Å². The maximum atomic E-state index is 5.56. The van der Waals surface area contributed by atoms with Gasteiger partial charge in [-0.3, -0.25) is 0 Å². The highest BCUT2D eigenvalue weighted by Crippen LogP contribution is 2.25. The van der Waals surface area contributed by atoms with Crippen molar-refractivity contribution < 1.29 is 0 Å². The van der Waals surface area contributed by atoms with Crippen LogP contribution in [0.25, 0.3) is 0 Å². The smallest absolute Gasteiger partial charge is 0.0398 e. The fraction of sp³-hybridized carbons (Fsp3) is 0.500. The molecule has 0 spiro atoms. The van der Waals surface area contributed by atoms with Crippen LogP contribution in [0.1, 0.15) is 25.0 Å². The predicted octanol–water partition coefficient (Wildman–Crippen LogP) is 1.94. The quantitative estimate of drug-likeness (QED) is 0.793. The Kier molecular flexibility index (Phi) is 3.29. The molecule has 0 aliphatic carbocycles. The minimum absolute atomic E-state index is 0.0765. The van der Waals surface area contributed by atoms with E-state index in [4.69, 9.17) is 5.73 Å². The molecule has 0 atom stereocenters. The van der Waals surface area contributed by atoms with E-state index in [0.717, 1.165) is 0 Å². The SMILES string of the molecule is CN(C)C(C)(C)c1ccc(CN)cc1. The van der Waals surface area contributed by atoms with E-state index in [1.165, 1.54) is 11.1 Å². The molecule has 2 N–H and O–H groups in total. The monoisotopic (exact) mass is 192 g/mol. The molecule has 0 unspecified atom stereocenters. The van der Waals surface area contributed by atoms with Gasteiger partial charge in [0.1, 0.15) is 0 Å². The van der Waals surface area contributed by atoms with Gasteiger partial charge in [-0.15, -0.1) is 0 Å². The minimum atomic E-state index is 0.0765. The van der Waals surface area contributed by atoms with Gasteiger partial charge in [0.25, 0.3) is 0 Å². The van der Waals surface area contributed by atoms with Crippen molar-refractivity contribution in [2.24, 2.45) is 5.73 Å². The molecular formula is C12H20N2. The second-order valence-electron chi connectivity index (χ2n) is 4.35. The molecule has 0 radical (unpaired) electrons. The van der Waals surface area contributed by atoms with Gasteiger partial charge in [-0.1, -0.05) is 24.3 Å². The van der Waals surface area contributed by atoms with Crippen molar-refractivity contribution in [2.45, 2.75) is 25.9 Å². The first-order valence-electron chi connectivity index (χ1n) is 4.95. The summed E-state index contributed by atoms with van der Waals surface area (Å²) in [5, 5.41) is 0. The fourth-order valence-electron chi connectivity index (χ4n) is 1.31. The zero-order valence-corrected chi connectivity index (χ0v) is 9.54. The van der Waals surface area contributed by atoms with Gasteiger partial charge in [-0.25, -0.2) is 0 Å². The first-order chi connectivity index (χ1) is 6.48. The van der Waals surface area contributed by atoms with Crippen molar-refractivity contribution in [3.63, 3.8) is 0 Å². The highest BCUT2D eigenvalue weighted by molar-refractivity contribution is 5.27. The van der Waals surface area contributed by atoms with Gasteiger partial charge < -0.3 is 10.6 Å². The maximum absolute atomic E-state index is 5.56. The first-order valence-corrected chi connectivity index (χ1v) is 4.95. The molecule has 0 amide bonds. The molecule has 0 aliphatic heterocycles. The molecule has 78 valence electrons. The third-order valence-electron chi connectivity index (χ3n) is 3.01. The number of hydrogen-bond acceptors (Lipinski definition) is 2. The standard InChI is InChI=1S/C12H20N2/c1-12(2,14(3)4)11-7-5-10(9-13)6-8-11/h5-8H,9,13H2,1-4H3. The predicted molar refractivity (Wildman–Crippen MR) is 61.0 cm³/mol. The number of benzene rings is 1. The third kappa shape index (κ3) is 2.14. The topological polar surface area (TPSA) is 29.3 Å². The number of rotatable bonds is 3. The lowest BCUT2D eigenvalue weighted by molar-refractivity contribution is 0.197. The molecule has 0 aromatic heterocycles. The molecule has 14 heavy (non-hydrogen) atoms. The largest absolute Gasteiger partial charge is 0.326 e. The van der Waals surface area contributed by atoms with Crippen molar-refractivity contribution >= 4 is 0 Å². The van der Waals surface area contributed by atoms with E-state index in [2.05, 4.69) is 57.1 Å². The molecule has 0 heterocycles. The molecule has 0 aliphatic rings. The number of nitrogens with zero attached hydrogens (tertiary/aromatic N) is 1. The molecule has 0 bridgehead atoms. The van der Waals surface area contributed by atoms with Crippen LogP contribution in [0.15, 0.2) is 24.3 Å². The Hall–Kier alpha value is -0.860. The van der Waals surface area contributed by atoms with Crippen molar-refractivity contribution in [1.29, 1.82) is 0 Å². The summed E-state index contributed by atoms with van der Waals surface area (Å²) in [6.07, 6.45) is 0. The Balaban J connectivity index is 2.97. The maximum Gasteiger partial charge on any atom is 0.0398 e. The van der Waals surface area contributed by atoms with E-state index >= 15 is 0 Å². The van der Waals surface area contributed by atoms with Crippen LogP contribution in [0, 0.1) is 0 Å². The summed E-state index contributed by atoms with van der Waals surface area (Å²) in [7, 11) is 4.19. The number of nitrogens with two attached hydrogens (primary N) is 1. The Morgan fingerprint density at radius 1 is 1.14 bits per heavy atom. The summed E-state index contributed by atoms with van der Waals surface area (Å²) in [4.78, 5) is 2.21. The highest BCUT2D eigenvalue weighted by Gasteiger charge is 2.22. The Morgan fingerprint density at radius 3 is 2.00 bits per heavy atom. The van der Waals surface area contributed by atoms with E-state index in [0.29, 0.717) is 6.54 Å². The third-order valence-corrected chi connectivity index (χ3v) is 3.01. The Morgan fingerprint density at radius 2 is 1.64 bits per heavy atom. The fourth-order valence-corrected chi connectivity index (χ4v) is 1.31. The minimum Gasteiger partial charge on any atom is -0.326 e. The second kappa shape index (κ2) is 4.11. The average molecular weight is 192 g/mol. The zero-order chi connectivity index (χ0) is 10.8. The van der Waals surface area contributed by atoms with Crippen LogP contribution < -0.4 is 5.73 Å². The van der Waals surface area contributed by atoms with Gasteiger partial charge in [0, 0.05) is 12.1 Å². The lowest BCUT2D eigenvalue weighted by Crippen LogP contribution is -2.35. The lowest BCUT2D eigenvalue weighted by Gasteiger charge is -2.33. The van der Waals surface area contributed by atoms with Gasteiger partial charge in [0.2, 0.25) is 0 Å². The van der Waals surface area contributed by atoms with Crippen LogP contribution in [0.2, 0.25) is 0 Å². The normalized spacial score (nSPS) is 12.1. The Bertz CT molecular complexity index is 286. The number of hydrogen-bond donors (Lipinski definition) is 1. The van der Waals surface area contributed by atoms with Crippen molar-refractivity contribution in [3.8, 4) is 0 Å². The van der Waals surface area contributed by atoms with E-state index in [1.807, 2.05) is 0 Å². The summed E-state index contributed by atoms with van der Waals surface area (Å²) in [6, 6.07) is 8.51. The van der Waals surface area contributed by atoms with Gasteiger partial charge >= 0.3 is 0 Å². The van der Waals surface area contributed by atoms with Crippen LogP contribution in [0.3, 0.4) is 0 Å². The van der Waals surface area contributed by atoms with Crippen LogP contribution in [-0.4, -0.2) is 19.0 Å². The first kappa shape index (κ1) is 11.2. The molecule has 0 fully saturated rings. The van der Waals surface area contributed by atoms with E-state index < -0.39 is 0 Å².